The van der Waals surface area contributed by atoms with E-state index in [1.165, 1.54) is 24.3 Å². The van der Waals surface area contributed by atoms with Gasteiger partial charge in [-0.25, -0.2) is 4.79 Å². The average Bonchev–Trinajstić information content (AvgIpc) is 2.94. The van der Waals surface area contributed by atoms with Crippen LogP contribution < -0.4 is 0 Å². The summed E-state index contributed by atoms with van der Waals surface area (Å²) in [5.41, 5.74) is 1.31. The molecule has 0 aliphatic carbocycles. The predicted octanol–water partition coefficient (Wildman–Crippen LogP) is 3.49. The SMILES string of the molecule is O=C(O)C(Cc1ccccc1)N1C(=O)/C(=C/c2ccc([N+](=O)[O-])cc2)SC1=S. The Morgan fingerprint density at radius 1 is 1.21 bits per heavy atom. The molecule has 1 heterocycles. The number of carbonyl (C=O) groups is 2. The molecule has 1 aliphatic rings. The van der Waals surface area contributed by atoms with Crippen LogP contribution in [-0.2, 0) is 16.0 Å². The fourth-order valence-electron chi connectivity index (χ4n) is 2.72. The maximum Gasteiger partial charge on any atom is 0.327 e. The number of thiocarbonyl (C=S) groups is 1. The number of carbonyl (C=O) groups excluding carboxylic acids is 1. The molecule has 0 saturated carbocycles. The Morgan fingerprint density at radius 2 is 1.86 bits per heavy atom. The zero-order valence-corrected chi connectivity index (χ0v) is 16.0. The van der Waals surface area contributed by atoms with E-state index in [4.69, 9.17) is 12.2 Å². The lowest BCUT2D eigenvalue weighted by Crippen LogP contribution is -2.45. The number of nitro benzene ring substituents is 1. The van der Waals surface area contributed by atoms with Crippen LogP contribution in [-0.4, -0.2) is 37.2 Å². The van der Waals surface area contributed by atoms with Crippen molar-refractivity contribution in [1.29, 1.82) is 0 Å². The summed E-state index contributed by atoms with van der Waals surface area (Å²) in [5, 5.41) is 20.4. The largest absolute Gasteiger partial charge is 0.480 e. The number of carboxylic acids is 1. The quantitative estimate of drug-likeness (QED) is 0.334. The molecule has 1 atom stereocenters. The Morgan fingerprint density at radius 3 is 2.43 bits per heavy atom. The Labute approximate surface area is 169 Å². The molecular formula is C19H14N2O5S2. The summed E-state index contributed by atoms with van der Waals surface area (Å²) in [4.78, 5) is 36.2. The molecule has 1 fully saturated rings. The molecule has 1 amide bonds. The third kappa shape index (κ3) is 4.26. The second-order valence-corrected chi connectivity index (χ2v) is 7.62. The zero-order valence-electron chi connectivity index (χ0n) is 14.3. The van der Waals surface area contributed by atoms with Gasteiger partial charge in [-0.3, -0.25) is 19.8 Å². The van der Waals surface area contributed by atoms with Gasteiger partial charge < -0.3 is 5.11 Å². The topological polar surface area (TPSA) is 101 Å². The molecule has 2 aromatic rings. The van der Waals surface area contributed by atoms with E-state index in [-0.39, 0.29) is 21.3 Å². The number of hydrogen-bond acceptors (Lipinski definition) is 6. The average molecular weight is 414 g/mol. The summed E-state index contributed by atoms with van der Waals surface area (Å²) in [6.07, 6.45) is 1.68. The number of thioether (sulfide) groups is 1. The zero-order chi connectivity index (χ0) is 20.3. The summed E-state index contributed by atoms with van der Waals surface area (Å²) >= 11 is 6.27. The van der Waals surface area contributed by atoms with Crippen molar-refractivity contribution in [3.8, 4) is 0 Å². The van der Waals surface area contributed by atoms with E-state index >= 15 is 0 Å². The summed E-state index contributed by atoms with van der Waals surface area (Å²) < 4.78 is 0.168. The molecule has 142 valence electrons. The van der Waals surface area contributed by atoms with Crippen molar-refractivity contribution >= 4 is 51.9 Å². The lowest BCUT2D eigenvalue weighted by atomic mass is 10.0. The summed E-state index contributed by atoms with van der Waals surface area (Å²) in [5.74, 6) is -1.63. The van der Waals surface area contributed by atoms with E-state index in [1.807, 2.05) is 6.07 Å². The summed E-state index contributed by atoms with van der Waals surface area (Å²) in [7, 11) is 0. The highest BCUT2D eigenvalue weighted by atomic mass is 32.2. The number of benzene rings is 2. The van der Waals surface area contributed by atoms with E-state index in [0.717, 1.165) is 22.2 Å². The van der Waals surface area contributed by atoms with Crippen molar-refractivity contribution in [1.82, 2.24) is 4.90 Å². The van der Waals surface area contributed by atoms with E-state index in [9.17, 15) is 24.8 Å². The Balaban J connectivity index is 1.85. The highest BCUT2D eigenvalue weighted by Gasteiger charge is 2.40. The molecule has 0 aromatic heterocycles. The van der Waals surface area contributed by atoms with Gasteiger partial charge in [0.15, 0.2) is 0 Å². The molecule has 7 nitrogen and oxygen atoms in total. The van der Waals surface area contributed by atoms with Crippen LogP contribution >= 0.6 is 24.0 Å². The smallest absolute Gasteiger partial charge is 0.327 e. The lowest BCUT2D eigenvalue weighted by molar-refractivity contribution is -0.384. The Bertz CT molecular complexity index is 974. The second-order valence-electron chi connectivity index (χ2n) is 5.94. The highest BCUT2D eigenvalue weighted by molar-refractivity contribution is 8.26. The van der Waals surface area contributed by atoms with Crippen LogP contribution in [0.15, 0.2) is 59.5 Å². The van der Waals surface area contributed by atoms with E-state index in [0.29, 0.717) is 5.56 Å². The molecule has 0 radical (unpaired) electrons. The van der Waals surface area contributed by atoms with Crippen molar-refractivity contribution < 1.29 is 19.6 Å². The minimum absolute atomic E-state index is 0.0569. The van der Waals surface area contributed by atoms with Crippen molar-refractivity contribution in [3.63, 3.8) is 0 Å². The highest BCUT2D eigenvalue weighted by Crippen LogP contribution is 2.35. The fraction of sp³-hybridized carbons (Fsp3) is 0.105. The number of hydrogen-bond donors (Lipinski definition) is 1. The molecule has 2 aromatic carbocycles. The van der Waals surface area contributed by atoms with Gasteiger partial charge in [0.25, 0.3) is 11.6 Å². The standard InChI is InChI=1S/C19H14N2O5S2/c22-17-16(11-13-6-8-14(9-7-13)21(25)26)28-19(27)20(17)15(18(23)24)10-12-4-2-1-3-5-12/h1-9,11,15H,10H2,(H,23,24)/b16-11-. The molecular weight excluding hydrogens is 400 g/mol. The molecule has 0 bridgehead atoms. The molecule has 1 saturated heterocycles. The number of amides is 1. The molecule has 1 unspecified atom stereocenters. The minimum Gasteiger partial charge on any atom is -0.480 e. The van der Waals surface area contributed by atoms with Crippen molar-refractivity contribution in [2.45, 2.75) is 12.5 Å². The first-order valence-corrected chi connectivity index (χ1v) is 9.37. The molecule has 0 spiro atoms. The number of nitro groups is 1. The minimum atomic E-state index is -1.14. The van der Waals surface area contributed by atoms with Crippen molar-refractivity contribution in [3.05, 3.63) is 80.7 Å². The summed E-state index contributed by atoms with van der Waals surface area (Å²) in [6, 6.07) is 13.6. The molecule has 28 heavy (non-hydrogen) atoms. The van der Waals surface area contributed by atoms with Crippen LogP contribution in [0.3, 0.4) is 0 Å². The molecule has 1 aliphatic heterocycles. The van der Waals surface area contributed by atoms with E-state index in [2.05, 4.69) is 0 Å². The lowest BCUT2D eigenvalue weighted by Gasteiger charge is -2.23. The third-order valence-electron chi connectivity index (χ3n) is 4.09. The Kier molecular flexibility index (Phi) is 5.86. The van der Waals surface area contributed by atoms with Gasteiger partial charge in [-0.2, -0.15) is 0 Å². The first-order chi connectivity index (χ1) is 13.4. The van der Waals surface area contributed by atoms with Crippen LogP contribution in [0.1, 0.15) is 11.1 Å². The van der Waals surface area contributed by atoms with Gasteiger partial charge in [-0.1, -0.05) is 54.3 Å². The number of nitrogens with zero attached hydrogens (tertiary/aromatic N) is 2. The number of rotatable bonds is 6. The van der Waals surface area contributed by atoms with Gasteiger partial charge in [0, 0.05) is 18.6 Å². The molecule has 3 rings (SSSR count). The van der Waals surface area contributed by atoms with Crippen LogP contribution in [0.2, 0.25) is 0 Å². The van der Waals surface area contributed by atoms with Gasteiger partial charge in [-0.05, 0) is 29.3 Å². The van der Waals surface area contributed by atoms with Crippen molar-refractivity contribution in [2.24, 2.45) is 0 Å². The number of carboxylic acid groups (broad SMARTS) is 1. The summed E-state index contributed by atoms with van der Waals surface area (Å²) in [6.45, 7) is 0. The Hall–Kier alpha value is -3.04. The first kappa shape index (κ1) is 19.7. The predicted molar refractivity (Wildman–Crippen MR) is 110 cm³/mol. The van der Waals surface area contributed by atoms with Gasteiger partial charge in [-0.15, -0.1) is 0 Å². The second kappa shape index (κ2) is 8.32. The van der Waals surface area contributed by atoms with Gasteiger partial charge in [0.2, 0.25) is 0 Å². The normalized spacial score (nSPS) is 16.4. The van der Waals surface area contributed by atoms with Gasteiger partial charge in [0.1, 0.15) is 10.4 Å². The van der Waals surface area contributed by atoms with Gasteiger partial charge >= 0.3 is 5.97 Å². The van der Waals surface area contributed by atoms with Crippen LogP contribution in [0.5, 0.6) is 0 Å². The van der Waals surface area contributed by atoms with Crippen LogP contribution in [0.4, 0.5) is 5.69 Å². The van der Waals surface area contributed by atoms with E-state index in [1.54, 1.807) is 30.3 Å². The van der Waals surface area contributed by atoms with Crippen LogP contribution in [0.25, 0.3) is 6.08 Å². The van der Waals surface area contributed by atoms with E-state index < -0.39 is 22.8 Å². The van der Waals surface area contributed by atoms with Crippen molar-refractivity contribution in [2.75, 3.05) is 0 Å². The first-order valence-electron chi connectivity index (χ1n) is 8.15. The van der Waals surface area contributed by atoms with Gasteiger partial charge in [0.05, 0.1) is 9.83 Å². The maximum absolute atomic E-state index is 12.8. The number of aliphatic carboxylic acids is 1. The fourth-order valence-corrected chi connectivity index (χ4v) is 4.08. The molecule has 1 N–H and O–H groups in total. The maximum atomic E-state index is 12.8. The number of non-ortho nitro benzene ring substituents is 1. The third-order valence-corrected chi connectivity index (χ3v) is 5.42. The molecule has 9 heteroatoms. The monoisotopic (exact) mass is 414 g/mol. The van der Waals surface area contributed by atoms with Crippen LogP contribution in [0, 0.1) is 10.1 Å².